The number of carbonyl (C=O) groups is 2. The summed E-state index contributed by atoms with van der Waals surface area (Å²) >= 11 is 6.11. The summed E-state index contributed by atoms with van der Waals surface area (Å²) in [7, 11) is 0. The van der Waals surface area contributed by atoms with Crippen molar-refractivity contribution in [2.75, 3.05) is 16.8 Å². The van der Waals surface area contributed by atoms with Crippen molar-refractivity contribution < 1.29 is 9.59 Å². The molecule has 0 aliphatic carbocycles. The number of amides is 2. The summed E-state index contributed by atoms with van der Waals surface area (Å²) in [4.78, 5) is 26.4. The van der Waals surface area contributed by atoms with E-state index < -0.39 is 0 Å². The number of anilines is 2. The van der Waals surface area contributed by atoms with Gasteiger partial charge in [0.05, 0.1) is 5.69 Å². The van der Waals surface area contributed by atoms with Crippen molar-refractivity contribution in [2.45, 2.75) is 40.5 Å². The smallest absolute Gasteiger partial charge is 0.244 e. The number of rotatable bonds is 5. The molecule has 0 radical (unpaired) electrons. The number of carbonyl (C=O) groups excluding carboxylic acids is 2. The van der Waals surface area contributed by atoms with E-state index in [2.05, 4.69) is 19.2 Å². The molecule has 1 N–H and O–H groups in total. The minimum absolute atomic E-state index is 0.0502. The molecule has 2 rings (SSSR count). The Morgan fingerprint density at radius 2 is 1.81 bits per heavy atom. The predicted molar refractivity (Wildman–Crippen MR) is 108 cm³/mol. The average molecular weight is 373 g/mol. The topological polar surface area (TPSA) is 49.4 Å². The molecule has 2 aromatic rings. The van der Waals surface area contributed by atoms with Gasteiger partial charge in [-0.15, -0.1) is 0 Å². The van der Waals surface area contributed by atoms with E-state index in [1.165, 1.54) is 11.8 Å². The van der Waals surface area contributed by atoms with Gasteiger partial charge in [0, 0.05) is 17.6 Å². The third-order valence-electron chi connectivity index (χ3n) is 4.30. The summed E-state index contributed by atoms with van der Waals surface area (Å²) in [6, 6.07) is 11.3. The van der Waals surface area contributed by atoms with Crippen LogP contribution in [0, 0.1) is 13.8 Å². The van der Waals surface area contributed by atoms with Gasteiger partial charge in [-0.1, -0.05) is 49.7 Å². The molecule has 0 aliphatic heterocycles. The number of halogens is 1. The highest BCUT2D eigenvalue weighted by atomic mass is 35.5. The molecular weight excluding hydrogens is 348 g/mol. The van der Waals surface area contributed by atoms with E-state index in [1.54, 1.807) is 12.1 Å². The molecule has 0 unspecified atom stereocenters. The summed E-state index contributed by atoms with van der Waals surface area (Å²) in [6.07, 6.45) is 0. The zero-order chi connectivity index (χ0) is 19.4. The summed E-state index contributed by atoms with van der Waals surface area (Å²) in [6.45, 7) is 9.43. The number of aryl methyl sites for hydroxylation is 2. The van der Waals surface area contributed by atoms with Crippen LogP contribution in [0.2, 0.25) is 5.02 Å². The molecule has 2 amide bonds. The number of hydrogen-bond acceptors (Lipinski definition) is 2. The normalized spacial score (nSPS) is 10.7. The molecule has 0 aliphatic rings. The van der Waals surface area contributed by atoms with Crippen LogP contribution in [-0.2, 0) is 9.59 Å². The third kappa shape index (κ3) is 4.64. The van der Waals surface area contributed by atoms with Crippen LogP contribution in [0.15, 0.2) is 36.4 Å². The molecule has 0 saturated carbocycles. The Hall–Kier alpha value is -2.33. The van der Waals surface area contributed by atoms with Crippen molar-refractivity contribution in [1.82, 2.24) is 0 Å². The largest absolute Gasteiger partial charge is 0.324 e. The number of para-hydroxylation sites is 1. The summed E-state index contributed by atoms with van der Waals surface area (Å²) < 4.78 is 0. The maximum atomic E-state index is 12.5. The Labute approximate surface area is 160 Å². The highest BCUT2D eigenvalue weighted by Crippen LogP contribution is 2.31. The van der Waals surface area contributed by atoms with Gasteiger partial charge in [0.2, 0.25) is 11.8 Å². The predicted octanol–water partition coefficient (Wildman–Crippen LogP) is 5.07. The molecule has 0 fully saturated rings. The summed E-state index contributed by atoms with van der Waals surface area (Å²) in [5.74, 6) is -0.193. The number of nitrogens with one attached hydrogen (secondary N) is 1. The van der Waals surface area contributed by atoms with Crippen LogP contribution in [0.3, 0.4) is 0 Å². The number of nitrogens with zero attached hydrogens (tertiary/aromatic N) is 1. The van der Waals surface area contributed by atoms with E-state index in [0.717, 1.165) is 22.4 Å². The summed E-state index contributed by atoms with van der Waals surface area (Å²) in [5, 5.41) is 3.41. The van der Waals surface area contributed by atoms with Gasteiger partial charge in [-0.3, -0.25) is 9.59 Å². The zero-order valence-electron chi connectivity index (χ0n) is 15.9. The molecule has 0 aromatic heterocycles. The molecule has 26 heavy (non-hydrogen) atoms. The molecule has 4 nitrogen and oxygen atoms in total. The van der Waals surface area contributed by atoms with E-state index in [0.29, 0.717) is 10.7 Å². The van der Waals surface area contributed by atoms with Crippen molar-refractivity contribution in [3.8, 4) is 0 Å². The monoisotopic (exact) mass is 372 g/mol. The summed E-state index contributed by atoms with van der Waals surface area (Å²) in [5.41, 5.74) is 4.38. The minimum atomic E-state index is -0.266. The Bertz CT molecular complexity index is 831. The molecule has 0 bridgehead atoms. The van der Waals surface area contributed by atoms with Crippen molar-refractivity contribution in [2.24, 2.45) is 0 Å². The van der Waals surface area contributed by atoms with Crippen LogP contribution < -0.4 is 10.2 Å². The first kappa shape index (κ1) is 20.0. The van der Waals surface area contributed by atoms with E-state index >= 15 is 0 Å². The second-order valence-electron chi connectivity index (χ2n) is 6.78. The van der Waals surface area contributed by atoms with E-state index in [1.807, 2.05) is 38.1 Å². The standard InChI is InChI=1S/C21H25ClN2O2/c1-13(2)18-8-6-7-15(4)21(18)24(16(5)25)12-20(26)23-17-10-9-14(3)19(22)11-17/h6-11,13H,12H2,1-5H3,(H,23,26). The molecule has 0 saturated heterocycles. The maximum absolute atomic E-state index is 12.5. The lowest BCUT2D eigenvalue weighted by molar-refractivity contribution is -0.120. The fourth-order valence-electron chi connectivity index (χ4n) is 2.88. The first-order valence-corrected chi connectivity index (χ1v) is 9.02. The average Bonchev–Trinajstić information content (AvgIpc) is 2.56. The molecule has 0 spiro atoms. The van der Waals surface area contributed by atoms with Crippen LogP contribution in [0.4, 0.5) is 11.4 Å². The van der Waals surface area contributed by atoms with Gasteiger partial charge in [-0.2, -0.15) is 0 Å². The van der Waals surface area contributed by atoms with Gasteiger partial charge in [0.25, 0.3) is 0 Å². The van der Waals surface area contributed by atoms with Crippen molar-refractivity contribution in [3.63, 3.8) is 0 Å². The lowest BCUT2D eigenvalue weighted by Gasteiger charge is -2.27. The lowest BCUT2D eigenvalue weighted by Crippen LogP contribution is -2.37. The van der Waals surface area contributed by atoms with Gasteiger partial charge >= 0.3 is 0 Å². The zero-order valence-corrected chi connectivity index (χ0v) is 16.6. The van der Waals surface area contributed by atoms with E-state index in [-0.39, 0.29) is 24.3 Å². The van der Waals surface area contributed by atoms with Crippen LogP contribution in [0.1, 0.15) is 43.4 Å². The minimum Gasteiger partial charge on any atom is -0.324 e. The quantitative estimate of drug-likeness (QED) is 0.796. The molecular formula is C21H25ClN2O2. The van der Waals surface area contributed by atoms with Gasteiger partial charge in [0.15, 0.2) is 0 Å². The lowest BCUT2D eigenvalue weighted by atomic mass is 9.97. The fraction of sp³-hybridized carbons (Fsp3) is 0.333. The van der Waals surface area contributed by atoms with Gasteiger partial charge in [0.1, 0.15) is 6.54 Å². The van der Waals surface area contributed by atoms with Crippen molar-refractivity contribution in [1.29, 1.82) is 0 Å². The molecule has 5 heteroatoms. The van der Waals surface area contributed by atoms with Gasteiger partial charge < -0.3 is 10.2 Å². The van der Waals surface area contributed by atoms with Crippen LogP contribution in [0.5, 0.6) is 0 Å². The van der Waals surface area contributed by atoms with Crippen LogP contribution >= 0.6 is 11.6 Å². The second kappa shape index (κ2) is 8.37. The Balaban J connectivity index is 2.28. The van der Waals surface area contributed by atoms with Gasteiger partial charge in [-0.05, 0) is 48.6 Å². The first-order valence-electron chi connectivity index (χ1n) is 8.64. The SMILES string of the molecule is CC(=O)N(CC(=O)Nc1ccc(C)c(Cl)c1)c1c(C)cccc1C(C)C. The van der Waals surface area contributed by atoms with Gasteiger partial charge in [-0.25, -0.2) is 0 Å². The Kier molecular flexibility index (Phi) is 6.43. The second-order valence-corrected chi connectivity index (χ2v) is 7.19. The fourth-order valence-corrected chi connectivity index (χ4v) is 3.06. The van der Waals surface area contributed by atoms with Crippen LogP contribution in [-0.4, -0.2) is 18.4 Å². The Morgan fingerprint density at radius 1 is 1.12 bits per heavy atom. The molecule has 2 aromatic carbocycles. The Morgan fingerprint density at radius 3 is 2.38 bits per heavy atom. The number of benzene rings is 2. The molecule has 138 valence electrons. The van der Waals surface area contributed by atoms with Crippen LogP contribution in [0.25, 0.3) is 0 Å². The highest BCUT2D eigenvalue weighted by molar-refractivity contribution is 6.31. The molecule has 0 atom stereocenters. The van der Waals surface area contributed by atoms with E-state index in [4.69, 9.17) is 11.6 Å². The van der Waals surface area contributed by atoms with E-state index in [9.17, 15) is 9.59 Å². The first-order chi connectivity index (χ1) is 12.2. The third-order valence-corrected chi connectivity index (χ3v) is 4.71. The number of hydrogen-bond donors (Lipinski definition) is 1. The van der Waals surface area contributed by atoms with Crippen molar-refractivity contribution in [3.05, 3.63) is 58.1 Å². The highest BCUT2D eigenvalue weighted by Gasteiger charge is 2.21. The van der Waals surface area contributed by atoms with Crippen molar-refractivity contribution >= 4 is 34.8 Å². The molecule has 0 heterocycles. The maximum Gasteiger partial charge on any atom is 0.244 e.